The second-order valence-electron chi connectivity index (χ2n) is 2.23. The summed E-state index contributed by atoms with van der Waals surface area (Å²) in [4.78, 5) is 10.1. The van der Waals surface area contributed by atoms with Gasteiger partial charge in [-0.05, 0) is 19.4 Å². The number of carboxylic acid groups (broad SMARTS) is 1. The number of carbonyl (C=O) groups is 1. The normalized spacial score (nSPS) is 10.8. The van der Waals surface area contributed by atoms with Crippen LogP contribution in [0.25, 0.3) is 0 Å². The molecule has 64 valence electrons. The second-order valence-corrected chi connectivity index (χ2v) is 2.23. The van der Waals surface area contributed by atoms with Gasteiger partial charge in [0.1, 0.15) is 6.04 Å². The van der Waals surface area contributed by atoms with Gasteiger partial charge in [-0.25, -0.2) is 0 Å². The Morgan fingerprint density at radius 2 is 1.92 bits per heavy atom. The number of aliphatic carboxylic acids is 1. The zero-order valence-electron chi connectivity index (χ0n) is 9.92. The summed E-state index contributed by atoms with van der Waals surface area (Å²) in [6, 6.07) is -0.716. The molecule has 6 heteroatoms. The van der Waals surface area contributed by atoms with Crippen molar-refractivity contribution in [2.75, 3.05) is 6.54 Å². The monoisotopic (exact) mass is 194 g/mol. The molecule has 0 bridgehead atoms. The summed E-state index contributed by atoms with van der Waals surface area (Å²) in [6.07, 6.45) is 2.16. The second kappa shape index (κ2) is 12.4. The topological polar surface area (TPSA) is 89.3 Å². The molecule has 0 aromatic carbocycles. The SMILES string of the molecule is NCCCC[C@H](N)C(=O)O.[H-].[H-].[Na+].[Na+]. The van der Waals surface area contributed by atoms with E-state index in [1.165, 1.54) is 0 Å². The van der Waals surface area contributed by atoms with Crippen molar-refractivity contribution in [1.29, 1.82) is 0 Å². The third kappa shape index (κ3) is 11.4. The van der Waals surface area contributed by atoms with Crippen LogP contribution in [0.15, 0.2) is 0 Å². The molecule has 5 N–H and O–H groups in total. The van der Waals surface area contributed by atoms with Gasteiger partial charge in [0.25, 0.3) is 0 Å². The number of hydrogen-bond acceptors (Lipinski definition) is 3. The number of unbranched alkanes of at least 4 members (excludes halogenated alkanes) is 1. The van der Waals surface area contributed by atoms with Gasteiger partial charge in [0.05, 0.1) is 0 Å². The Bertz CT molecular complexity index is 122. The van der Waals surface area contributed by atoms with Crippen LogP contribution >= 0.6 is 0 Å². The molecule has 0 aliphatic carbocycles. The zero-order chi connectivity index (χ0) is 7.98. The quantitative estimate of drug-likeness (QED) is 0.300. The number of rotatable bonds is 5. The van der Waals surface area contributed by atoms with Crippen molar-refractivity contribution in [2.45, 2.75) is 25.3 Å². The molecular formula is C6H16N2Na2O2. The van der Waals surface area contributed by atoms with Crippen molar-refractivity contribution in [3.63, 3.8) is 0 Å². The largest absolute Gasteiger partial charge is 1.00 e. The molecule has 0 fully saturated rings. The summed E-state index contributed by atoms with van der Waals surface area (Å²) < 4.78 is 0. The minimum absolute atomic E-state index is 0. The van der Waals surface area contributed by atoms with Crippen molar-refractivity contribution in [3.8, 4) is 0 Å². The molecule has 0 radical (unpaired) electrons. The molecule has 0 spiro atoms. The fraction of sp³-hybridized carbons (Fsp3) is 0.833. The van der Waals surface area contributed by atoms with Gasteiger partial charge in [-0.2, -0.15) is 0 Å². The third-order valence-electron chi connectivity index (χ3n) is 1.29. The molecule has 1 atom stereocenters. The van der Waals surface area contributed by atoms with Crippen molar-refractivity contribution in [1.82, 2.24) is 0 Å². The van der Waals surface area contributed by atoms with E-state index in [1.54, 1.807) is 0 Å². The fourth-order valence-electron chi connectivity index (χ4n) is 0.632. The van der Waals surface area contributed by atoms with Crippen LogP contribution in [0.5, 0.6) is 0 Å². The Morgan fingerprint density at radius 3 is 2.25 bits per heavy atom. The average Bonchev–Trinajstić information content (AvgIpc) is 1.88. The van der Waals surface area contributed by atoms with E-state index in [0.717, 1.165) is 12.8 Å². The van der Waals surface area contributed by atoms with E-state index in [9.17, 15) is 4.79 Å². The number of hydrogen-bond donors (Lipinski definition) is 3. The van der Waals surface area contributed by atoms with Gasteiger partial charge in [0.2, 0.25) is 0 Å². The van der Waals surface area contributed by atoms with E-state index in [0.29, 0.717) is 13.0 Å². The molecule has 0 saturated heterocycles. The summed E-state index contributed by atoms with van der Waals surface area (Å²) in [7, 11) is 0. The Kier molecular flexibility index (Phi) is 19.7. The van der Waals surface area contributed by atoms with Crippen LogP contribution in [0, 0.1) is 0 Å². The van der Waals surface area contributed by atoms with Crippen LogP contribution in [0.1, 0.15) is 22.1 Å². The van der Waals surface area contributed by atoms with Crippen molar-refractivity contribution >= 4 is 5.97 Å². The third-order valence-corrected chi connectivity index (χ3v) is 1.29. The molecule has 0 unspecified atom stereocenters. The van der Waals surface area contributed by atoms with E-state index in [4.69, 9.17) is 16.6 Å². The molecule has 0 rings (SSSR count). The first kappa shape index (κ1) is 19.0. The smallest absolute Gasteiger partial charge is 1.00 e. The standard InChI is InChI=1S/C6H14N2O2.2Na.2H/c7-4-2-1-3-5(8)6(9)10;;;;/h5H,1-4,7-8H2,(H,9,10);;;;/q;2*+1;2*-1/t5-;;;;/m0..../s1. The Balaban J connectivity index is -0.0000000675. The fourth-order valence-corrected chi connectivity index (χ4v) is 0.632. The van der Waals surface area contributed by atoms with Crippen LogP contribution in [-0.4, -0.2) is 23.7 Å². The Hall–Kier alpha value is 1.39. The van der Waals surface area contributed by atoms with Crippen LogP contribution < -0.4 is 70.6 Å². The molecule has 0 heterocycles. The summed E-state index contributed by atoms with van der Waals surface area (Å²) >= 11 is 0. The average molecular weight is 194 g/mol. The maximum absolute atomic E-state index is 10.1. The molecule has 0 saturated carbocycles. The van der Waals surface area contributed by atoms with Gasteiger partial charge in [0.15, 0.2) is 0 Å². The van der Waals surface area contributed by atoms with Crippen molar-refractivity contribution in [2.24, 2.45) is 11.5 Å². The molecule has 12 heavy (non-hydrogen) atoms. The van der Waals surface area contributed by atoms with Crippen LogP contribution in [0.3, 0.4) is 0 Å². The van der Waals surface area contributed by atoms with Gasteiger partial charge >= 0.3 is 65.1 Å². The summed E-state index contributed by atoms with van der Waals surface area (Å²) in [5, 5.41) is 8.33. The zero-order valence-corrected chi connectivity index (χ0v) is 11.9. The first-order chi connectivity index (χ1) is 4.68. The van der Waals surface area contributed by atoms with Crippen molar-refractivity contribution in [3.05, 3.63) is 0 Å². The molecule has 0 amide bonds. The van der Waals surface area contributed by atoms with E-state index in [2.05, 4.69) is 0 Å². The maximum Gasteiger partial charge on any atom is 1.00 e. The van der Waals surface area contributed by atoms with Gasteiger partial charge in [-0.15, -0.1) is 0 Å². The van der Waals surface area contributed by atoms with Gasteiger partial charge < -0.3 is 19.4 Å². The predicted octanol–water partition coefficient (Wildman–Crippen LogP) is -6.24. The van der Waals surface area contributed by atoms with E-state index >= 15 is 0 Å². The van der Waals surface area contributed by atoms with Crippen LogP contribution in [-0.2, 0) is 4.79 Å². The summed E-state index contributed by atoms with van der Waals surface area (Å²) in [5.41, 5.74) is 10.4. The molecule has 0 aromatic rings. The first-order valence-corrected chi connectivity index (χ1v) is 3.37. The minimum atomic E-state index is -0.933. The first-order valence-electron chi connectivity index (χ1n) is 3.37. The van der Waals surface area contributed by atoms with E-state index in [1.807, 2.05) is 0 Å². The predicted molar refractivity (Wildman–Crippen MR) is 40.7 cm³/mol. The molecule has 4 nitrogen and oxygen atoms in total. The summed E-state index contributed by atoms with van der Waals surface area (Å²) in [6.45, 7) is 0.604. The van der Waals surface area contributed by atoms with Gasteiger partial charge in [-0.1, -0.05) is 6.42 Å². The molecular weight excluding hydrogens is 178 g/mol. The number of carboxylic acids is 1. The molecule has 0 aromatic heterocycles. The summed E-state index contributed by atoms with van der Waals surface area (Å²) in [5.74, 6) is -0.933. The number of nitrogens with two attached hydrogens (primary N) is 2. The minimum Gasteiger partial charge on any atom is -1.00 e. The van der Waals surface area contributed by atoms with E-state index < -0.39 is 12.0 Å². The van der Waals surface area contributed by atoms with Crippen molar-refractivity contribution < 1.29 is 71.9 Å². The van der Waals surface area contributed by atoms with Crippen LogP contribution in [0.4, 0.5) is 0 Å². The Morgan fingerprint density at radius 1 is 1.42 bits per heavy atom. The maximum atomic E-state index is 10.1. The van der Waals surface area contributed by atoms with Gasteiger partial charge in [-0.3, -0.25) is 4.79 Å². The van der Waals surface area contributed by atoms with Crippen LogP contribution in [0.2, 0.25) is 0 Å². The molecule has 0 aliphatic rings. The van der Waals surface area contributed by atoms with E-state index in [-0.39, 0.29) is 62.0 Å². The Labute approximate surface area is 120 Å². The molecule has 0 aliphatic heterocycles. The van der Waals surface area contributed by atoms with Gasteiger partial charge in [0, 0.05) is 0 Å².